The average molecular weight is 361 g/mol. The standard InChI is InChI=1S/C22H23N3O2/c1-15-11-19(8-7-18(15)13-23)25(5)14-22(3,27)21(26)12-17-6-9-20(24-4)16(2)10-17/h6-11,27H,12,14H2,1-3,5H3/t22-/m0/s1. The Labute approximate surface area is 160 Å². The zero-order valence-corrected chi connectivity index (χ0v) is 16.1. The molecule has 0 aliphatic rings. The third-order valence-electron chi connectivity index (χ3n) is 4.66. The van der Waals surface area contributed by atoms with Gasteiger partial charge >= 0.3 is 0 Å². The Kier molecular flexibility index (Phi) is 6.00. The number of ketones is 1. The van der Waals surface area contributed by atoms with Crippen molar-refractivity contribution in [3.05, 3.63) is 70.1 Å². The van der Waals surface area contributed by atoms with Gasteiger partial charge in [0.1, 0.15) is 5.60 Å². The second-order valence-electron chi connectivity index (χ2n) is 7.07. The Hall–Kier alpha value is -3.15. The van der Waals surface area contributed by atoms with E-state index >= 15 is 0 Å². The van der Waals surface area contributed by atoms with Crippen LogP contribution in [0.25, 0.3) is 4.85 Å². The minimum Gasteiger partial charge on any atom is -0.380 e. The zero-order valence-electron chi connectivity index (χ0n) is 16.1. The van der Waals surface area contributed by atoms with Crippen molar-refractivity contribution >= 4 is 17.2 Å². The van der Waals surface area contributed by atoms with Gasteiger partial charge in [0, 0.05) is 19.2 Å². The Balaban J connectivity index is 2.11. The number of benzene rings is 2. The van der Waals surface area contributed by atoms with Crippen LogP contribution < -0.4 is 4.90 Å². The van der Waals surface area contributed by atoms with E-state index in [9.17, 15) is 9.90 Å². The molecule has 2 aromatic rings. The number of carbonyl (C=O) groups is 1. The number of aliphatic hydroxyl groups is 1. The summed E-state index contributed by atoms with van der Waals surface area (Å²) in [5.41, 5.74) is 2.92. The molecule has 27 heavy (non-hydrogen) atoms. The molecule has 2 aromatic carbocycles. The van der Waals surface area contributed by atoms with Crippen LogP contribution in [0.5, 0.6) is 0 Å². The van der Waals surface area contributed by atoms with Gasteiger partial charge in [-0.15, -0.1) is 0 Å². The van der Waals surface area contributed by atoms with Crippen LogP contribution in [-0.4, -0.2) is 30.1 Å². The van der Waals surface area contributed by atoms with E-state index in [1.54, 1.807) is 36.2 Å². The first-order valence-corrected chi connectivity index (χ1v) is 8.62. The molecule has 0 fully saturated rings. The molecule has 1 N–H and O–H groups in total. The zero-order chi connectivity index (χ0) is 20.2. The summed E-state index contributed by atoms with van der Waals surface area (Å²) in [5, 5.41) is 19.8. The van der Waals surface area contributed by atoms with Crippen LogP contribution in [0.2, 0.25) is 0 Å². The van der Waals surface area contributed by atoms with E-state index in [2.05, 4.69) is 10.9 Å². The van der Waals surface area contributed by atoms with Crippen LogP contribution in [0.15, 0.2) is 36.4 Å². The van der Waals surface area contributed by atoms with Gasteiger partial charge in [-0.25, -0.2) is 4.85 Å². The second-order valence-corrected chi connectivity index (χ2v) is 7.07. The number of carbonyl (C=O) groups excluding carboxylic acids is 1. The summed E-state index contributed by atoms with van der Waals surface area (Å²) in [6.07, 6.45) is 0.104. The van der Waals surface area contributed by atoms with E-state index in [0.29, 0.717) is 11.3 Å². The van der Waals surface area contributed by atoms with Crippen molar-refractivity contribution in [1.29, 1.82) is 5.26 Å². The lowest BCUT2D eigenvalue weighted by Gasteiger charge is -2.29. The maximum absolute atomic E-state index is 12.7. The predicted octanol–water partition coefficient (Wildman–Crippen LogP) is 3.72. The molecule has 0 radical (unpaired) electrons. The van der Waals surface area contributed by atoms with Crippen molar-refractivity contribution in [2.75, 3.05) is 18.5 Å². The molecule has 0 unspecified atom stereocenters. The Morgan fingerprint density at radius 2 is 1.96 bits per heavy atom. The Morgan fingerprint density at radius 3 is 2.52 bits per heavy atom. The van der Waals surface area contributed by atoms with E-state index in [1.807, 2.05) is 26.0 Å². The van der Waals surface area contributed by atoms with Crippen LogP contribution in [-0.2, 0) is 11.2 Å². The summed E-state index contributed by atoms with van der Waals surface area (Å²) in [6, 6.07) is 12.8. The molecule has 0 saturated heterocycles. The smallest absolute Gasteiger partial charge is 0.190 e. The van der Waals surface area contributed by atoms with E-state index in [-0.39, 0.29) is 18.7 Å². The lowest BCUT2D eigenvalue weighted by atomic mass is 9.93. The normalized spacial score (nSPS) is 12.6. The first-order valence-electron chi connectivity index (χ1n) is 8.62. The topological polar surface area (TPSA) is 68.7 Å². The highest BCUT2D eigenvalue weighted by atomic mass is 16.3. The van der Waals surface area contributed by atoms with Gasteiger partial charge in [0.2, 0.25) is 0 Å². The van der Waals surface area contributed by atoms with Gasteiger partial charge in [0.05, 0.1) is 24.7 Å². The third-order valence-corrected chi connectivity index (χ3v) is 4.66. The SMILES string of the molecule is [C-]#[N+]c1ccc(CC(=O)[C@@](C)(O)CN(C)c2ccc(C#N)c(C)c2)cc1C. The van der Waals surface area contributed by atoms with Crippen molar-refractivity contribution in [1.82, 2.24) is 0 Å². The van der Waals surface area contributed by atoms with Crippen molar-refractivity contribution < 1.29 is 9.90 Å². The third kappa shape index (κ3) is 4.73. The monoisotopic (exact) mass is 361 g/mol. The summed E-state index contributed by atoms with van der Waals surface area (Å²) in [5.74, 6) is -0.283. The lowest BCUT2D eigenvalue weighted by Crippen LogP contribution is -2.46. The van der Waals surface area contributed by atoms with E-state index in [1.165, 1.54) is 6.92 Å². The lowest BCUT2D eigenvalue weighted by molar-refractivity contribution is -0.134. The fourth-order valence-electron chi connectivity index (χ4n) is 2.98. The maximum atomic E-state index is 12.7. The predicted molar refractivity (Wildman–Crippen MR) is 106 cm³/mol. The number of likely N-dealkylation sites (N-methyl/N-ethyl adjacent to an activating group) is 1. The summed E-state index contributed by atoms with van der Waals surface area (Å²) in [6.45, 7) is 12.4. The number of hydrogen-bond donors (Lipinski definition) is 1. The first kappa shape index (κ1) is 20.2. The molecule has 0 heterocycles. The Morgan fingerprint density at radius 1 is 1.26 bits per heavy atom. The minimum atomic E-state index is -1.52. The van der Waals surface area contributed by atoms with Crippen molar-refractivity contribution in [2.45, 2.75) is 32.8 Å². The van der Waals surface area contributed by atoms with Crippen LogP contribution in [0.1, 0.15) is 29.2 Å². The fraction of sp³-hybridized carbons (Fsp3) is 0.318. The van der Waals surface area contributed by atoms with Crippen LogP contribution in [0.4, 0.5) is 11.4 Å². The molecule has 0 aliphatic heterocycles. The van der Waals surface area contributed by atoms with Gasteiger partial charge in [-0.2, -0.15) is 5.26 Å². The number of anilines is 1. The summed E-state index contributed by atoms with van der Waals surface area (Å²) in [4.78, 5) is 17.9. The van der Waals surface area contributed by atoms with Crippen molar-refractivity contribution in [3.63, 3.8) is 0 Å². The van der Waals surface area contributed by atoms with E-state index in [0.717, 1.165) is 22.4 Å². The van der Waals surface area contributed by atoms with Gasteiger partial charge in [-0.05, 0) is 55.7 Å². The van der Waals surface area contributed by atoms with E-state index in [4.69, 9.17) is 11.8 Å². The number of hydrogen-bond acceptors (Lipinski definition) is 4. The summed E-state index contributed by atoms with van der Waals surface area (Å²) >= 11 is 0. The fourth-order valence-corrected chi connectivity index (χ4v) is 2.98. The summed E-state index contributed by atoms with van der Waals surface area (Å²) < 4.78 is 0. The van der Waals surface area contributed by atoms with Crippen LogP contribution >= 0.6 is 0 Å². The number of nitriles is 1. The van der Waals surface area contributed by atoms with Crippen LogP contribution in [0, 0.1) is 31.8 Å². The number of rotatable bonds is 6. The van der Waals surface area contributed by atoms with E-state index < -0.39 is 5.60 Å². The molecule has 5 heteroatoms. The average Bonchev–Trinajstić information content (AvgIpc) is 2.61. The van der Waals surface area contributed by atoms with Gasteiger partial charge in [0.25, 0.3) is 0 Å². The Bertz CT molecular complexity index is 949. The molecular weight excluding hydrogens is 338 g/mol. The largest absolute Gasteiger partial charge is 0.380 e. The molecule has 2 rings (SSSR count). The van der Waals surface area contributed by atoms with Crippen LogP contribution in [0.3, 0.4) is 0 Å². The highest BCUT2D eigenvalue weighted by Crippen LogP contribution is 2.23. The van der Waals surface area contributed by atoms with Gasteiger partial charge in [-0.3, -0.25) is 4.79 Å². The molecule has 0 bridgehead atoms. The van der Waals surface area contributed by atoms with Crippen molar-refractivity contribution in [3.8, 4) is 6.07 Å². The molecule has 0 spiro atoms. The number of Topliss-reactive ketones (excluding diaryl/α,β-unsaturated/α-hetero) is 1. The molecule has 0 aliphatic carbocycles. The molecule has 0 saturated carbocycles. The molecular formula is C22H23N3O2. The highest BCUT2D eigenvalue weighted by Gasteiger charge is 2.31. The number of aryl methyl sites for hydroxylation is 2. The molecule has 0 amide bonds. The van der Waals surface area contributed by atoms with Gasteiger partial charge < -0.3 is 10.0 Å². The van der Waals surface area contributed by atoms with Gasteiger partial charge in [0.15, 0.2) is 11.5 Å². The first-order chi connectivity index (χ1) is 12.7. The molecule has 1 atom stereocenters. The molecule has 5 nitrogen and oxygen atoms in total. The number of nitrogens with zero attached hydrogens (tertiary/aromatic N) is 3. The maximum Gasteiger partial charge on any atom is 0.190 e. The second kappa shape index (κ2) is 8.03. The highest BCUT2D eigenvalue weighted by molar-refractivity contribution is 5.89. The minimum absolute atomic E-state index is 0.104. The summed E-state index contributed by atoms with van der Waals surface area (Å²) in [7, 11) is 1.80. The molecule has 138 valence electrons. The van der Waals surface area contributed by atoms with Gasteiger partial charge in [-0.1, -0.05) is 18.2 Å². The molecule has 0 aromatic heterocycles. The quantitative estimate of drug-likeness (QED) is 0.796. The van der Waals surface area contributed by atoms with Crippen molar-refractivity contribution in [2.24, 2.45) is 0 Å².